The van der Waals surface area contributed by atoms with Gasteiger partial charge in [-0.3, -0.25) is 9.97 Å². The Morgan fingerprint density at radius 3 is 2.68 bits per heavy atom. The van der Waals surface area contributed by atoms with E-state index in [0.717, 1.165) is 12.3 Å². The molecule has 0 saturated carbocycles. The van der Waals surface area contributed by atoms with Crippen LogP contribution >= 0.6 is 0 Å². The number of aryl methyl sites for hydroxylation is 1. The van der Waals surface area contributed by atoms with Gasteiger partial charge in [0, 0.05) is 31.4 Å². The number of rotatable bonds is 4. The van der Waals surface area contributed by atoms with Gasteiger partial charge in [-0.25, -0.2) is 18.7 Å². The molecule has 4 rings (SSSR count). The number of nitrogens with two attached hydrogens (primary N) is 1. The van der Waals surface area contributed by atoms with Crippen LogP contribution in [0.2, 0.25) is 0 Å². The van der Waals surface area contributed by atoms with Crippen LogP contribution in [0.1, 0.15) is 24.1 Å². The molecule has 0 aliphatic rings. The molecule has 142 valence electrons. The Bertz CT molecular complexity index is 1170. The number of nitrogens with one attached hydrogen (secondary N) is 1. The number of hydrogen-bond acceptors (Lipinski definition) is 7. The van der Waals surface area contributed by atoms with Gasteiger partial charge in [-0.05, 0) is 5.56 Å². The lowest BCUT2D eigenvalue weighted by Crippen LogP contribution is -2.08. The average molecular weight is 382 g/mol. The number of halogens is 2. The molecule has 0 aliphatic heterocycles. The first kappa shape index (κ1) is 17.7. The standard InChI is InChI=1S/C18H16F2N8/c1-9(16-12(20)3-10(19)4-23-16)11-5-22-6-13-15(11)17(27-18(21)25-13)26-14-7-28(2)8-24-14/h3-9H,1-2H3,(H3,21,25,26,27)/t9-/m1/s1. The van der Waals surface area contributed by atoms with E-state index in [4.69, 9.17) is 5.73 Å². The smallest absolute Gasteiger partial charge is 0.222 e. The summed E-state index contributed by atoms with van der Waals surface area (Å²) in [5, 5.41) is 3.72. The van der Waals surface area contributed by atoms with Crippen molar-refractivity contribution >= 4 is 28.5 Å². The SMILES string of the molecule is C[C@@H](c1ncc(F)cc1F)c1cncc2nc(N)nc(Nc3cn(C)cn3)c12. The molecule has 4 aromatic heterocycles. The summed E-state index contributed by atoms with van der Waals surface area (Å²) >= 11 is 0. The van der Waals surface area contributed by atoms with Crippen molar-refractivity contribution in [3.8, 4) is 0 Å². The summed E-state index contributed by atoms with van der Waals surface area (Å²) < 4.78 is 29.3. The molecule has 10 heteroatoms. The van der Waals surface area contributed by atoms with Crippen LogP contribution in [0.15, 0.2) is 37.2 Å². The van der Waals surface area contributed by atoms with Crippen molar-refractivity contribution in [2.45, 2.75) is 12.8 Å². The van der Waals surface area contributed by atoms with Crippen molar-refractivity contribution in [3.05, 3.63) is 60.1 Å². The third-order valence-electron chi connectivity index (χ3n) is 4.32. The molecule has 0 spiro atoms. The van der Waals surface area contributed by atoms with Gasteiger partial charge < -0.3 is 15.6 Å². The summed E-state index contributed by atoms with van der Waals surface area (Å²) in [7, 11) is 1.84. The maximum atomic E-state index is 14.3. The van der Waals surface area contributed by atoms with E-state index in [1.165, 1.54) is 0 Å². The molecule has 0 radical (unpaired) electrons. The Kier molecular flexibility index (Phi) is 4.30. The van der Waals surface area contributed by atoms with Gasteiger partial charge in [0.25, 0.3) is 0 Å². The van der Waals surface area contributed by atoms with E-state index in [2.05, 4.69) is 30.2 Å². The molecule has 1 atom stereocenters. The fraction of sp³-hybridized carbons (Fsp3) is 0.167. The van der Waals surface area contributed by atoms with E-state index in [9.17, 15) is 8.78 Å². The Balaban J connectivity index is 1.88. The molecule has 4 aromatic rings. The summed E-state index contributed by atoms with van der Waals surface area (Å²) in [6, 6.07) is 0.804. The second-order valence-electron chi connectivity index (χ2n) is 6.34. The monoisotopic (exact) mass is 382 g/mol. The quantitative estimate of drug-likeness (QED) is 0.559. The maximum Gasteiger partial charge on any atom is 0.222 e. The molecular formula is C18H16F2N8. The average Bonchev–Trinajstić information content (AvgIpc) is 3.05. The maximum absolute atomic E-state index is 14.3. The molecule has 0 aromatic carbocycles. The zero-order valence-corrected chi connectivity index (χ0v) is 15.1. The molecule has 0 bridgehead atoms. The van der Waals surface area contributed by atoms with E-state index in [1.54, 1.807) is 36.4 Å². The zero-order chi connectivity index (χ0) is 19.8. The van der Waals surface area contributed by atoms with E-state index in [0.29, 0.717) is 28.1 Å². The minimum absolute atomic E-state index is 0.0589. The fourth-order valence-corrected chi connectivity index (χ4v) is 3.04. The molecule has 0 unspecified atom stereocenters. The second kappa shape index (κ2) is 6.80. The number of hydrogen-bond donors (Lipinski definition) is 2. The van der Waals surface area contributed by atoms with E-state index >= 15 is 0 Å². The first-order valence-corrected chi connectivity index (χ1v) is 8.39. The van der Waals surface area contributed by atoms with Gasteiger partial charge in [-0.15, -0.1) is 0 Å². The topological polar surface area (TPSA) is 107 Å². The first-order valence-electron chi connectivity index (χ1n) is 8.39. The Labute approximate surface area is 158 Å². The highest BCUT2D eigenvalue weighted by Crippen LogP contribution is 2.34. The predicted molar refractivity (Wildman–Crippen MR) is 99.9 cm³/mol. The molecule has 8 nitrogen and oxygen atoms in total. The van der Waals surface area contributed by atoms with Crippen LogP contribution in [0, 0.1) is 11.6 Å². The van der Waals surface area contributed by atoms with Crippen molar-refractivity contribution in [1.82, 2.24) is 29.5 Å². The number of nitrogen functional groups attached to an aromatic ring is 1. The highest BCUT2D eigenvalue weighted by atomic mass is 19.1. The molecule has 28 heavy (non-hydrogen) atoms. The predicted octanol–water partition coefficient (Wildman–Crippen LogP) is 2.91. The Morgan fingerprint density at radius 1 is 1.14 bits per heavy atom. The lowest BCUT2D eigenvalue weighted by Gasteiger charge is -2.16. The minimum Gasteiger partial charge on any atom is -0.368 e. The van der Waals surface area contributed by atoms with Gasteiger partial charge in [0.05, 0.1) is 35.3 Å². The van der Waals surface area contributed by atoms with Crippen molar-refractivity contribution in [1.29, 1.82) is 0 Å². The molecule has 4 heterocycles. The van der Waals surface area contributed by atoms with Crippen molar-refractivity contribution in [2.75, 3.05) is 11.1 Å². The third-order valence-corrected chi connectivity index (χ3v) is 4.32. The highest BCUT2D eigenvalue weighted by molar-refractivity contribution is 5.94. The summed E-state index contributed by atoms with van der Waals surface area (Å²) in [5.41, 5.74) is 7.03. The Hall–Kier alpha value is -3.69. The number of nitrogens with zero attached hydrogens (tertiary/aromatic N) is 6. The molecule has 0 amide bonds. The van der Waals surface area contributed by atoms with Gasteiger partial charge in [0.2, 0.25) is 5.95 Å². The van der Waals surface area contributed by atoms with Crippen LogP contribution < -0.4 is 11.1 Å². The minimum atomic E-state index is -0.738. The van der Waals surface area contributed by atoms with Crippen LogP contribution in [0.4, 0.5) is 26.4 Å². The van der Waals surface area contributed by atoms with Crippen LogP contribution in [-0.4, -0.2) is 29.5 Å². The zero-order valence-electron chi connectivity index (χ0n) is 15.1. The Morgan fingerprint density at radius 2 is 1.96 bits per heavy atom. The number of aromatic nitrogens is 6. The first-order chi connectivity index (χ1) is 13.4. The van der Waals surface area contributed by atoms with Crippen molar-refractivity contribution < 1.29 is 8.78 Å². The van der Waals surface area contributed by atoms with Gasteiger partial charge >= 0.3 is 0 Å². The largest absolute Gasteiger partial charge is 0.368 e. The molecule has 0 fully saturated rings. The normalized spacial score (nSPS) is 12.3. The van der Waals surface area contributed by atoms with Crippen molar-refractivity contribution in [3.63, 3.8) is 0 Å². The molecule has 3 N–H and O–H groups in total. The highest BCUT2D eigenvalue weighted by Gasteiger charge is 2.21. The molecule has 0 saturated heterocycles. The number of anilines is 3. The van der Waals surface area contributed by atoms with Crippen LogP contribution in [0.5, 0.6) is 0 Å². The number of pyridine rings is 2. The van der Waals surface area contributed by atoms with Crippen LogP contribution in [0.25, 0.3) is 10.9 Å². The van der Waals surface area contributed by atoms with E-state index < -0.39 is 17.6 Å². The molecular weight excluding hydrogens is 366 g/mol. The third kappa shape index (κ3) is 3.20. The van der Waals surface area contributed by atoms with E-state index in [1.807, 2.05) is 7.05 Å². The van der Waals surface area contributed by atoms with Crippen molar-refractivity contribution in [2.24, 2.45) is 7.05 Å². The second-order valence-corrected chi connectivity index (χ2v) is 6.34. The number of fused-ring (bicyclic) bond motifs is 1. The van der Waals surface area contributed by atoms with Gasteiger partial charge in [-0.1, -0.05) is 6.92 Å². The summed E-state index contributed by atoms with van der Waals surface area (Å²) in [6.07, 6.45) is 7.52. The number of imidazole rings is 1. The van der Waals surface area contributed by atoms with Crippen LogP contribution in [0.3, 0.4) is 0 Å². The summed E-state index contributed by atoms with van der Waals surface area (Å²) in [5.74, 6) is -0.980. The van der Waals surface area contributed by atoms with E-state index in [-0.39, 0.29) is 11.6 Å². The fourth-order valence-electron chi connectivity index (χ4n) is 3.04. The van der Waals surface area contributed by atoms with Gasteiger partial charge in [0.15, 0.2) is 0 Å². The van der Waals surface area contributed by atoms with Gasteiger partial charge in [0.1, 0.15) is 23.3 Å². The lowest BCUT2D eigenvalue weighted by atomic mass is 9.95. The lowest BCUT2D eigenvalue weighted by molar-refractivity contribution is 0.552. The van der Waals surface area contributed by atoms with Gasteiger partial charge in [-0.2, -0.15) is 4.98 Å². The molecule has 0 aliphatic carbocycles. The summed E-state index contributed by atoms with van der Waals surface area (Å²) in [4.78, 5) is 20.8. The van der Waals surface area contributed by atoms with Crippen LogP contribution in [-0.2, 0) is 7.05 Å². The summed E-state index contributed by atoms with van der Waals surface area (Å²) in [6.45, 7) is 1.75.